The highest BCUT2D eigenvalue weighted by Gasteiger charge is 2.25. The Morgan fingerprint density at radius 1 is 1.20 bits per heavy atom. The number of anilines is 1. The van der Waals surface area contributed by atoms with Gasteiger partial charge in [0.05, 0.1) is 5.56 Å². The Kier molecular flexibility index (Phi) is 3.57. The Morgan fingerprint density at radius 3 is 2.85 bits per heavy atom. The van der Waals surface area contributed by atoms with Gasteiger partial charge in [0.15, 0.2) is 0 Å². The van der Waals surface area contributed by atoms with Crippen LogP contribution < -0.4 is 4.90 Å². The van der Waals surface area contributed by atoms with Crippen molar-refractivity contribution in [3.05, 3.63) is 63.9 Å². The molecule has 1 amide bonds. The maximum absolute atomic E-state index is 13.9. The van der Waals surface area contributed by atoms with E-state index < -0.39 is 5.82 Å². The van der Waals surface area contributed by atoms with Crippen molar-refractivity contribution in [1.82, 2.24) is 0 Å². The molecular weight excluding hydrogens is 321 g/mol. The standard InChI is InChI=1S/C16H13BrFNO/c17-12-7-8-14(18)13(10-12)16(20)19-9-3-5-11-4-1-2-6-15(11)19/h1-2,4,6-8,10H,3,5,9H2. The van der Waals surface area contributed by atoms with Gasteiger partial charge in [0.2, 0.25) is 0 Å². The summed E-state index contributed by atoms with van der Waals surface area (Å²) in [5.74, 6) is -0.766. The number of halogens is 2. The van der Waals surface area contributed by atoms with Gasteiger partial charge in [-0.15, -0.1) is 0 Å². The van der Waals surface area contributed by atoms with Gasteiger partial charge in [-0.1, -0.05) is 34.1 Å². The minimum atomic E-state index is -0.485. The molecule has 2 nitrogen and oxygen atoms in total. The number of rotatable bonds is 1. The lowest BCUT2D eigenvalue weighted by atomic mass is 10.0. The number of hydrogen-bond donors (Lipinski definition) is 0. The molecule has 102 valence electrons. The lowest BCUT2D eigenvalue weighted by Gasteiger charge is -2.29. The number of carbonyl (C=O) groups is 1. The first kappa shape index (κ1) is 13.3. The number of nitrogens with zero attached hydrogens (tertiary/aromatic N) is 1. The number of fused-ring (bicyclic) bond motifs is 1. The maximum Gasteiger partial charge on any atom is 0.261 e. The Bertz CT molecular complexity index is 671. The van der Waals surface area contributed by atoms with E-state index in [4.69, 9.17) is 0 Å². The molecule has 0 spiro atoms. The van der Waals surface area contributed by atoms with E-state index in [1.165, 1.54) is 12.1 Å². The number of benzene rings is 2. The van der Waals surface area contributed by atoms with Crippen molar-refractivity contribution in [2.75, 3.05) is 11.4 Å². The quantitative estimate of drug-likeness (QED) is 0.766. The highest BCUT2D eigenvalue weighted by Crippen LogP contribution is 2.29. The van der Waals surface area contributed by atoms with Gasteiger partial charge < -0.3 is 4.90 Å². The summed E-state index contributed by atoms with van der Waals surface area (Å²) in [7, 11) is 0. The zero-order valence-electron chi connectivity index (χ0n) is 10.8. The summed E-state index contributed by atoms with van der Waals surface area (Å²) in [5.41, 5.74) is 2.14. The van der Waals surface area contributed by atoms with E-state index in [-0.39, 0.29) is 11.5 Å². The van der Waals surface area contributed by atoms with Crippen molar-refractivity contribution in [2.24, 2.45) is 0 Å². The zero-order chi connectivity index (χ0) is 14.1. The molecular formula is C16H13BrFNO. The first-order valence-electron chi connectivity index (χ1n) is 6.51. The molecule has 0 saturated heterocycles. The van der Waals surface area contributed by atoms with E-state index >= 15 is 0 Å². The van der Waals surface area contributed by atoms with E-state index in [0.29, 0.717) is 11.0 Å². The second-order valence-corrected chi connectivity index (χ2v) is 5.73. The number of carbonyl (C=O) groups excluding carboxylic acids is 1. The fourth-order valence-electron chi connectivity index (χ4n) is 2.55. The van der Waals surface area contributed by atoms with Crippen LogP contribution in [0.5, 0.6) is 0 Å². The smallest absolute Gasteiger partial charge is 0.261 e. The average Bonchev–Trinajstić information content (AvgIpc) is 2.48. The van der Waals surface area contributed by atoms with Crippen LogP contribution in [-0.2, 0) is 6.42 Å². The molecule has 2 aromatic rings. The molecule has 1 aliphatic heterocycles. The molecule has 1 aliphatic rings. The molecule has 2 aromatic carbocycles. The van der Waals surface area contributed by atoms with Crippen LogP contribution in [0.3, 0.4) is 0 Å². The lowest BCUT2D eigenvalue weighted by molar-refractivity contribution is 0.0981. The highest BCUT2D eigenvalue weighted by atomic mass is 79.9. The van der Waals surface area contributed by atoms with Crippen molar-refractivity contribution >= 4 is 27.5 Å². The van der Waals surface area contributed by atoms with E-state index in [9.17, 15) is 9.18 Å². The largest absolute Gasteiger partial charge is 0.308 e. The number of hydrogen-bond acceptors (Lipinski definition) is 1. The van der Waals surface area contributed by atoms with Gasteiger partial charge in [-0.3, -0.25) is 4.79 Å². The van der Waals surface area contributed by atoms with Crippen molar-refractivity contribution in [2.45, 2.75) is 12.8 Å². The fraction of sp³-hybridized carbons (Fsp3) is 0.188. The van der Waals surface area contributed by atoms with Gasteiger partial charge in [0.1, 0.15) is 5.82 Å². The Hall–Kier alpha value is -1.68. The van der Waals surface area contributed by atoms with Gasteiger partial charge >= 0.3 is 0 Å². The second kappa shape index (κ2) is 5.37. The summed E-state index contributed by atoms with van der Waals surface area (Å²) in [6.45, 7) is 0.627. The van der Waals surface area contributed by atoms with E-state index in [2.05, 4.69) is 15.9 Å². The Labute approximate surface area is 125 Å². The zero-order valence-corrected chi connectivity index (χ0v) is 12.4. The Morgan fingerprint density at radius 2 is 2.00 bits per heavy atom. The fourth-order valence-corrected chi connectivity index (χ4v) is 2.91. The van der Waals surface area contributed by atoms with Gasteiger partial charge in [-0.2, -0.15) is 0 Å². The minimum absolute atomic E-state index is 0.107. The summed E-state index contributed by atoms with van der Waals surface area (Å²) in [4.78, 5) is 14.3. The molecule has 0 atom stereocenters. The SMILES string of the molecule is O=C(c1cc(Br)ccc1F)N1CCCc2ccccc21. The average molecular weight is 334 g/mol. The maximum atomic E-state index is 13.9. The van der Waals surface area contributed by atoms with Gasteiger partial charge in [-0.05, 0) is 42.7 Å². The van der Waals surface area contributed by atoms with Crippen LogP contribution in [0.2, 0.25) is 0 Å². The third-order valence-corrected chi connectivity index (χ3v) is 4.01. The summed E-state index contributed by atoms with van der Waals surface area (Å²) >= 11 is 3.28. The molecule has 0 fully saturated rings. The van der Waals surface area contributed by atoms with Crippen LogP contribution in [0.25, 0.3) is 0 Å². The van der Waals surface area contributed by atoms with Crippen molar-refractivity contribution < 1.29 is 9.18 Å². The predicted molar refractivity (Wildman–Crippen MR) is 80.5 cm³/mol. The van der Waals surface area contributed by atoms with E-state index in [0.717, 1.165) is 24.1 Å². The minimum Gasteiger partial charge on any atom is -0.308 e. The molecule has 0 aromatic heterocycles. The second-order valence-electron chi connectivity index (χ2n) is 4.81. The molecule has 0 bridgehead atoms. The third kappa shape index (κ3) is 2.36. The molecule has 0 aliphatic carbocycles. The third-order valence-electron chi connectivity index (χ3n) is 3.51. The molecule has 4 heteroatoms. The first-order chi connectivity index (χ1) is 9.66. The molecule has 0 saturated carbocycles. The van der Waals surface area contributed by atoms with Crippen molar-refractivity contribution in [3.8, 4) is 0 Å². The van der Waals surface area contributed by atoms with Crippen LogP contribution in [0.1, 0.15) is 22.3 Å². The van der Waals surface area contributed by atoms with Crippen LogP contribution in [0.15, 0.2) is 46.9 Å². The van der Waals surface area contributed by atoms with Gasteiger partial charge in [0.25, 0.3) is 5.91 Å². The number of aryl methyl sites for hydroxylation is 1. The molecule has 0 N–H and O–H groups in total. The van der Waals surface area contributed by atoms with Gasteiger partial charge in [0, 0.05) is 16.7 Å². The summed E-state index contributed by atoms with van der Waals surface area (Å²) in [6, 6.07) is 12.3. The summed E-state index contributed by atoms with van der Waals surface area (Å²) < 4.78 is 14.6. The van der Waals surface area contributed by atoms with Crippen molar-refractivity contribution in [3.63, 3.8) is 0 Å². The van der Waals surface area contributed by atoms with Crippen molar-refractivity contribution in [1.29, 1.82) is 0 Å². The topological polar surface area (TPSA) is 20.3 Å². The molecule has 20 heavy (non-hydrogen) atoms. The molecule has 0 unspecified atom stereocenters. The normalized spacial score (nSPS) is 14.0. The number of amides is 1. The van der Waals surface area contributed by atoms with E-state index in [1.54, 1.807) is 11.0 Å². The van der Waals surface area contributed by atoms with Crippen LogP contribution in [0.4, 0.5) is 10.1 Å². The van der Waals surface area contributed by atoms with Crippen LogP contribution in [0, 0.1) is 5.82 Å². The highest BCUT2D eigenvalue weighted by molar-refractivity contribution is 9.10. The molecule has 0 radical (unpaired) electrons. The monoisotopic (exact) mass is 333 g/mol. The molecule has 1 heterocycles. The Balaban J connectivity index is 2.02. The van der Waals surface area contributed by atoms with Crippen LogP contribution >= 0.6 is 15.9 Å². The number of para-hydroxylation sites is 1. The summed E-state index contributed by atoms with van der Waals surface area (Å²) in [6.07, 6.45) is 1.86. The molecule has 3 rings (SSSR count). The van der Waals surface area contributed by atoms with E-state index in [1.807, 2.05) is 24.3 Å². The lowest BCUT2D eigenvalue weighted by Crippen LogP contribution is -2.35. The van der Waals surface area contributed by atoms with Gasteiger partial charge in [-0.25, -0.2) is 4.39 Å². The van der Waals surface area contributed by atoms with Crippen LogP contribution in [-0.4, -0.2) is 12.5 Å². The summed E-state index contributed by atoms with van der Waals surface area (Å²) in [5, 5.41) is 0. The predicted octanol–water partition coefficient (Wildman–Crippen LogP) is 4.18. The first-order valence-corrected chi connectivity index (χ1v) is 7.31.